The molecule has 0 radical (unpaired) electrons. The molecule has 0 saturated carbocycles. The van der Waals surface area contributed by atoms with Crippen LogP contribution in [-0.2, 0) is 17.8 Å². The number of amides is 2. The molecule has 0 bridgehead atoms. The van der Waals surface area contributed by atoms with Crippen molar-refractivity contribution in [3.63, 3.8) is 0 Å². The molecule has 2 heterocycles. The highest BCUT2D eigenvalue weighted by molar-refractivity contribution is 7.12. The molecule has 0 spiro atoms. The largest absolute Gasteiger partial charge is 0.349 e. The van der Waals surface area contributed by atoms with E-state index < -0.39 is 6.04 Å². The zero-order valence-corrected chi connectivity index (χ0v) is 15.1. The Bertz CT molecular complexity index is 799. The molecule has 1 aromatic carbocycles. The van der Waals surface area contributed by atoms with Gasteiger partial charge in [-0.25, -0.2) is 0 Å². The molecule has 3 rings (SSSR count). The third-order valence-electron chi connectivity index (χ3n) is 3.67. The molecule has 0 aliphatic heterocycles. The van der Waals surface area contributed by atoms with E-state index in [4.69, 9.17) is 0 Å². The normalized spacial score (nSPS) is 11.7. The minimum atomic E-state index is -0.614. The summed E-state index contributed by atoms with van der Waals surface area (Å²) in [5.74, 6) is -0.399. The van der Waals surface area contributed by atoms with Gasteiger partial charge in [0.05, 0.1) is 11.4 Å². The van der Waals surface area contributed by atoms with Gasteiger partial charge in [-0.1, -0.05) is 42.5 Å². The summed E-state index contributed by atoms with van der Waals surface area (Å²) in [6, 6.07) is 16.6. The molecule has 6 heteroatoms. The zero-order chi connectivity index (χ0) is 17.5. The fraction of sp³-hybridized carbons (Fsp3) is 0.158. The standard InChI is InChI=1S/C19H18N2O2S2/c22-18(20-13-15-8-4-10-24-15)16(12-14-6-2-1-3-7-14)21-19(23)17-9-5-11-25-17/h1-11,16H,12-13H2,(H,20,22)(H,21,23)/t16-/m1/s1. The number of hydrogen-bond acceptors (Lipinski definition) is 4. The second-order valence-corrected chi connectivity index (χ2v) is 7.47. The molecule has 25 heavy (non-hydrogen) atoms. The summed E-state index contributed by atoms with van der Waals surface area (Å²) in [5.41, 5.74) is 1.00. The maximum absolute atomic E-state index is 12.6. The fourth-order valence-corrected chi connectivity index (χ4v) is 3.68. The topological polar surface area (TPSA) is 58.2 Å². The molecule has 128 valence electrons. The first-order valence-electron chi connectivity index (χ1n) is 7.91. The van der Waals surface area contributed by atoms with Gasteiger partial charge in [0, 0.05) is 11.3 Å². The molecule has 2 amide bonds. The molecule has 0 saturated heterocycles. The Balaban J connectivity index is 1.68. The number of hydrogen-bond donors (Lipinski definition) is 2. The minimum absolute atomic E-state index is 0.179. The Morgan fingerprint density at radius 1 is 0.920 bits per heavy atom. The maximum Gasteiger partial charge on any atom is 0.262 e. The van der Waals surface area contributed by atoms with Gasteiger partial charge in [-0.2, -0.15) is 0 Å². The van der Waals surface area contributed by atoms with Gasteiger partial charge in [0.1, 0.15) is 6.04 Å². The predicted octanol–water partition coefficient (Wildman–Crippen LogP) is 3.47. The summed E-state index contributed by atoms with van der Waals surface area (Å²) < 4.78 is 0. The first-order valence-corrected chi connectivity index (χ1v) is 9.66. The Morgan fingerprint density at radius 2 is 1.68 bits per heavy atom. The van der Waals surface area contributed by atoms with E-state index in [-0.39, 0.29) is 11.8 Å². The lowest BCUT2D eigenvalue weighted by Crippen LogP contribution is -2.47. The van der Waals surface area contributed by atoms with Crippen LogP contribution in [0.2, 0.25) is 0 Å². The summed E-state index contributed by atoms with van der Waals surface area (Å²) in [4.78, 5) is 26.7. The molecule has 1 atom stereocenters. The van der Waals surface area contributed by atoms with Crippen molar-refractivity contribution in [3.8, 4) is 0 Å². The second-order valence-electron chi connectivity index (χ2n) is 5.49. The molecule has 0 fully saturated rings. The monoisotopic (exact) mass is 370 g/mol. The smallest absolute Gasteiger partial charge is 0.262 e. The van der Waals surface area contributed by atoms with Gasteiger partial charge in [0.25, 0.3) is 5.91 Å². The number of thiophene rings is 2. The summed E-state index contributed by atoms with van der Waals surface area (Å²) in [6.07, 6.45) is 0.453. The minimum Gasteiger partial charge on any atom is -0.349 e. The Labute approximate surface area is 154 Å². The van der Waals surface area contributed by atoms with Crippen LogP contribution in [0.1, 0.15) is 20.1 Å². The van der Waals surface area contributed by atoms with E-state index >= 15 is 0 Å². The van der Waals surface area contributed by atoms with Crippen molar-refractivity contribution >= 4 is 34.5 Å². The van der Waals surface area contributed by atoms with Crippen LogP contribution in [0.4, 0.5) is 0 Å². The van der Waals surface area contributed by atoms with E-state index in [1.165, 1.54) is 11.3 Å². The van der Waals surface area contributed by atoms with Gasteiger partial charge in [0.2, 0.25) is 5.91 Å². The van der Waals surface area contributed by atoms with Crippen LogP contribution in [0.25, 0.3) is 0 Å². The first kappa shape index (κ1) is 17.4. The summed E-state index contributed by atoms with van der Waals surface area (Å²) in [6.45, 7) is 0.469. The zero-order valence-electron chi connectivity index (χ0n) is 13.5. The molecular weight excluding hydrogens is 352 g/mol. The third kappa shape index (κ3) is 5.01. The van der Waals surface area contributed by atoms with Crippen molar-refractivity contribution in [3.05, 3.63) is 80.7 Å². The van der Waals surface area contributed by atoms with Crippen LogP contribution < -0.4 is 10.6 Å². The summed E-state index contributed by atoms with van der Waals surface area (Å²) >= 11 is 2.95. The fourth-order valence-electron chi connectivity index (χ4n) is 2.41. The van der Waals surface area contributed by atoms with Crippen molar-refractivity contribution in [2.75, 3.05) is 0 Å². The Kier molecular flexibility index (Phi) is 5.98. The average Bonchev–Trinajstić information content (AvgIpc) is 3.33. The second kappa shape index (κ2) is 8.60. The van der Waals surface area contributed by atoms with Crippen LogP contribution in [0, 0.1) is 0 Å². The maximum atomic E-state index is 12.6. The van der Waals surface area contributed by atoms with Crippen molar-refractivity contribution in [2.24, 2.45) is 0 Å². The van der Waals surface area contributed by atoms with Crippen molar-refractivity contribution < 1.29 is 9.59 Å². The molecular formula is C19H18N2O2S2. The van der Waals surface area contributed by atoms with E-state index in [9.17, 15) is 9.59 Å². The van der Waals surface area contributed by atoms with Gasteiger partial charge >= 0.3 is 0 Å². The number of rotatable bonds is 7. The lowest BCUT2D eigenvalue weighted by atomic mass is 10.1. The van der Waals surface area contributed by atoms with Gasteiger partial charge in [-0.15, -0.1) is 22.7 Å². The quantitative estimate of drug-likeness (QED) is 0.669. The number of carbonyl (C=O) groups excluding carboxylic acids is 2. The highest BCUT2D eigenvalue weighted by Gasteiger charge is 2.22. The summed E-state index contributed by atoms with van der Waals surface area (Å²) in [5, 5.41) is 9.60. The number of nitrogens with one attached hydrogen (secondary N) is 2. The SMILES string of the molecule is O=C(N[C@H](Cc1ccccc1)C(=O)NCc1cccs1)c1cccs1. The van der Waals surface area contributed by atoms with Crippen molar-refractivity contribution in [1.82, 2.24) is 10.6 Å². The van der Waals surface area contributed by atoms with E-state index in [0.29, 0.717) is 17.8 Å². The molecule has 0 unspecified atom stereocenters. The van der Waals surface area contributed by atoms with E-state index in [2.05, 4.69) is 10.6 Å². The summed E-state index contributed by atoms with van der Waals surface area (Å²) in [7, 11) is 0. The average molecular weight is 370 g/mol. The van der Waals surface area contributed by atoms with Crippen molar-refractivity contribution in [1.29, 1.82) is 0 Å². The van der Waals surface area contributed by atoms with Gasteiger partial charge < -0.3 is 10.6 Å². The third-order valence-corrected chi connectivity index (χ3v) is 5.41. The Morgan fingerprint density at radius 3 is 2.36 bits per heavy atom. The van der Waals surface area contributed by atoms with E-state index in [0.717, 1.165) is 10.4 Å². The van der Waals surface area contributed by atoms with Crippen molar-refractivity contribution in [2.45, 2.75) is 19.0 Å². The molecule has 3 aromatic rings. The van der Waals surface area contributed by atoms with Gasteiger partial charge in [-0.05, 0) is 28.5 Å². The lowest BCUT2D eigenvalue weighted by Gasteiger charge is -2.18. The van der Waals surface area contributed by atoms with Gasteiger partial charge in [-0.3, -0.25) is 9.59 Å². The highest BCUT2D eigenvalue weighted by Crippen LogP contribution is 2.11. The van der Waals surface area contributed by atoms with E-state index in [1.807, 2.05) is 59.3 Å². The Hall–Kier alpha value is -2.44. The van der Waals surface area contributed by atoms with Crippen LogP contribution in [0.3, 0.4) is 0 Å². The molecule has 0 aliphatic rings. The molecule has 4 nitrogen and oxygen atoms in total. The number of benzene rings is 1. The predicted molar refractivity (Wildman–Crippen MR) is 102 cm³/mol. The van der Waals surface area contributed by atoms with Crippen LogP contribution in [0.5, 0.6) is 0 Å². The van der Waals surface area contributed by atoms with Crippen LogP contribution in [0.15, 0.2) is 65.4 Å². The van der Waals surface area contributed by atoms with Gasteiger partial charge in [0.15, 0.2) is 0 Å². The molecule has 2 aromatic heterocycles. The number of carbonyl (C=O) groups is 2. The first-order chi connectivity index (χ1) is 12.2. The lowest BCUT2D eigenvalue weighted by molar-refractivity contribution is -0.123. The highest BCUT2D eigenvalue weighted by atomic mass is 32.1. The molecule has 2 N–H and O–H groups in total. The van der Waals surface area contributed by atoms with E-state index in [1.54, 1.807) is 17.4 Å². The van der Waals surface area contributed by atoms with Crippen LogP contribution >= 0.6 is 22.7 Å². The van der Waals surface area contributed by atoms with Crippen LogP contribution in [-0.4, -0.2) is 17.9 Å². The molecule has 0 aliphatic carbocycles.